The van der Waals surface area contributed by atoms with E-state index in [-0.39, 0.29) is 26.3 Å². The number of nitrogens with zero attached hydrogens (tertiary/aromatic N) is 3. The number of aromatic nitrogens is 2. The molecule has 0 aliphatic carbocycles. The average molecular weight is 366 g/mol. The van der Waals surface area contributed by atoms with Crippen LogP contribution in [0.4, 0.5) is 0 Å². The Balaban J connectivity index is 2.05. The summed E-state index contributed by atoms with van der Waals surface area (Å²) in [4.78, 5) is 17.4. The van der Waals surface area contributed by atoms with Crippen molar-refractivity contribution < 1.29 is 4.74 Å². The van der Waals surface area contributed by atoms with E-state index >= 15 is 0 Å². The maximum atomic E-state index is 12.4. The van der Waals surface area contributed by atoms with E-state index in [4.69, 9.17) is 0 Å². The first-order valence-corrected chi connectivity index (χ1v) is 8.88. The zero-order valence-electron chi connectivity index (χ0n) is 11.5. The Hall–Kier alpha value is -1.69. The summed E-state index contributed by atoms with van der Waals surface area (Å²) in [6.07, 6.45) is 3.16. The van der Waals surface area contributed by atoms with Crippen molar-refractivity contribution in [2.75, 3.05) is 0 Å². The number of thiazole rings is 1. The quantitative estimate of drug-likeness (QED) is 0.234. The fraction of sp³-hybridized carbons (Fsp3) is 0.214. The zero-order chi connectivity index (χ0) is 15.0. The van der Waals surface area contributed by atoms with Gasteiger partial charge in [-0.15, -0.1) is 0 Å². The van der Waals surface area contributed by atoms with E-state index in [0.29, 0.717) is 5.13 Å². The molecule has 5 nitrogen and oxygen atoms in total. The Labute approximate surface area is 131 Å². The molecule has 0 spiro atoms. The molecule has 0 fully saturated rings. The third kappa shape index (κ3) is 2.72. The van der Waals surface area contributed by atoms with Gasteiger partial charge in [0.05, 0.1) is 0 Å². The molecule has 1 aromatic carbocycles. The van der Waals surface area contributed by atoms with Gasteiger partial charge in [-0.2, -0.15) is 0 Å². The average Bonchev–Trinajstić information content (AvgIpc) is 3.04. The van der Waals surface area contributed by atoms with Crippen molar-refractivity contribution in [3.8, 4) is 5.13 Å². The van der Waals surface area contributed by atoms with E-state index < -0.39 is 0 Å². The molecule has 0 saturated heterocycles. The van der Waals surface area contributed by atoms with Gasteiger partial charge in [-0.05, 0) is 0 Å². The van der Waals surface area contributed by atoms with Crippen molar-refractivity contribution in [3.05, 3.63) is 50.9 Å². The first-order valence-electron chi connectivity index (χ1n) is 6.44. The molecule has 0 unspecified atom stereocenters. The van der Waals surface area contributed by atoms with Crippen LogP contribution in [0.3, 0.4) is 0 Å². The van der Waals surface area contributed by atoms with Crippen molar-refractivity contribution in [2.24, 2.45) is 0 Å². The van der Waals surface area contributed by atoms with Gasteiger partial charge in [-0.25, -0.2) is 0 Å². The van der Waals surface area contributed by atoms with Crippen LogP contribution >= 0.6 is 11.3 Å². The van der Waals surface area contributed by atoms with Gasteiger partial charge < -0.3 is 0 Å². The number of fused-ring (bicyclic) bond motifs is 1. The summed E-state index contributed by atoms with van der Waals surface area (Å²) in [5, 5.41) is 13.1. The van der Waals surface area contributed by atoms with Gasteiger partial charge in [0.1, 0.15) is 0 Å². The van der Waals surface area contributed by atoms with Gasteiger partial charge in [0.25, 0.3) is 0 Å². The summed E-state index contributed by atoms with van der Waals surface area (Å²) in [5.41, 5.74) is -0.00524. The molecule has 2 heterocycles. The molecule has 3 aromatic rings. The molecule has 0 aliphatic heterocycles. The predicted molar refractivity (Wildman–Crippen MR) is 86.1 cm³/mol. The summed E-state index contributed by atoms with van der Waals surface area (Å²) in [5.74, 6) is 0. The SMILES string of the molecule is CC(C)/[N+]([O-])=C/c1cnc(-n2[se]c3ccccc3c2=O)s1. The number of hydrogen-bond donors (Lipinski definition) is 0. The second-order valence-corrected chi connectivity index (χ2v) is 7.93. The number of hydrogen-bond acceptors (Lipinski definition) is 4. The molecule has 0 bridgehead atoms. The second-order valence-electron chi connectivity index (χ2n) is 4.81. The van der Waals surface area contributed by atoms with Crippen molar-refractivity contribution in [1.29, 1.82) is 0 Å². The van der Waals surface area contributed by atoms with E-state index in [1.165, 1.54) is 17.6 Å². The molecule has 0 aliphatic rings. The van der Waals surface area contributed by atoms with Crippen LogP contribution in [-0.4, -0.2) is 40.3 Å². The standard InChI is InChI=1S/C14H13N3O2SSe/c1-9(2)16(19)8-10-7-15-14(20-10)17-13(18)11-5-3-4-6-12(11)21-17/h3-9H,1-2H3/b16-8-. The fourth-order valence-electron chi connectivity index (χ4n) is 1.80. The van der Waals surface area contributed by atoms with E-state index in [1.54, 1.807) is 9.76 Å². The normalized spacial score (nSPS) is 12.4. The molecule has 7 heteroatoms. The van der Waals surface area contributed by atoms with E-state index in [0.717, 1.165) is 19.3 Å². The van der Waals surface area contributed by atoms with Crippen LogP contribution in [0, 0.1) is 5.21 Å². The van der Waals surface area contributed by atoms with Crippen LogP contribution in [0.15, 0.2) is 35.3 Å². The van der Waals surface area contributed by atoms with Crippen molar-refractivity contribution in [1.82, 2.24) is 8.55 Å². The fourth-order valence-corrected chi connectivity index (χ4v) is 4.86. The molecule has 21 heavy (non-hydrogen) atoms. The first kappa shape index (κ1) is 14.3. The Bertz CT molecular complexity index is 876. The third-order valence-corrected chi connectivity index (χ3v) is 6.37. The van der Waals surface area contributed by atoms with Crippen molar-refractivity contribution in [3.63, 3.8) is 0 Å². The van der Waals surface area contributed by atoms with Crippen molar-refractivity contribution in [2.45, 2.75) is 19.9 Å². The van der Waals surface area contributed by atoms with Gasteiger partial charge in [0.2, 0.25) is 0 Å². The molecule has 0 saturated carbocycles. The monoisotopic (exact) mass is 367 g/mol. The number of benzene rings is 1. The summed E-state index contributed by atoms with van der Waals surface area (Å²) in [6.45, 7) is 3.66. The Morgan fingerprint density at radius 2 is 2.19 bits per heavy atom. The molecule has 0 amide bonds. The van der Waals surface area contributed by atoms with Crippen LogP contribution in [0.2, 0.25) is 0 Å². The van der Waals surface area contributed by atoms with E-state index in [2.05, 4.69) is 4.98 Å². The van der Waals surface area contributed by atoms with Crippen molar-refractivity contribution >= 4 is 41.9 Å². The Morgan fingerprint density at radius 3 is 2.90 bits per heavy atom. The molecule has 108 valence electrons. The summed E-state index contributed by atoms with van der Waals surface area (Å²) in [7, 11) is 0. The molecule has 0 radical (unpaired) electrons. The van der Waals surface area contributed by atoms with Crippen LogP contribution in [0.1, 0.15) is 18.7 Å². The van der Waals surface area contributed by atoms with Gasteiger partial charge in [0.15, 0.2) is 0 Å². The van der Waals surface area contributed by atoms with Gasteiger partial charge in [0, 0.05) is 0 Å². The van der Waals surface area contributed by atoms with E-state index in [9.17, 15) is 10.0 Å². The second kappa shape index (κ2) is 5.60. The van der Waals surface area contributed by atoms with Gasteiger partial charge in [-0.1, -0.05) is 0 Å². The van der Waals surface area contributed by atoms with Crippen LogP contribution in [0.5, 0.6) is 0 Å². The topological polar surface area (TPSA) is 61.0 Å². The molecular weight excluding hydrogens is 353 g/mol. The van der Waals surface area contributed by atoms with E-state index in [1.807, 2.05) is 38.1 Å². The summed E-state index contributed by atoms with van der Waals surface area (Å²) < 4.78 is 3.68. The number of hydroxylamine groups is 1. The first-order chi connectivity index (χ1) is 10.1. The third-order valence-electron chi connectivity index (χ3n) is 2.94. The molecular formula is C14H13N3O2SSe. The molecule has 2 aromatic heterocycles. The predicted octanol–water partition coefficient (Wildman–Crippen LogP) is 1.84. The summed E-state index contributed by atoms with van der Waals surface area (Å²) >= 11 is 1.28. The Kier molecular flexibility index (Phi) is 3.80. The number of rotatable bonds is 3. The zero-order valence-corrected chi connectivity index (χ0v) is 14.0. The maximum absolute atomic E-state index is 12.4. The molecule has 0 atom stereocenters. The van der Waals surface area contributed by atoms with Crippen LogP contribution in [-0.2, 0) is 0 Å². The minimum absolute atomic E-state index is 0.00524. The molecule has 3 rings (SSSR count). The van der Waals surface area contributed by atoms with Gasteiger partial charge >= 0.3 is 131 Å². The summed E-state index contributed by atoms with van der Waals surface area (Å²) in [6, 6.07) is 7.52. The Morgan fingerprint density at radius 1 is 1.43 bits per heavy atom. The minimum atomic E-state index is -0.113. The van der Waals surface area contributed by atoms with Crippen LogP contribution in [0.25, 0.3) is 14.8 Å². The van der Waals surface area contributed by atoms with Crippen LogP contribution < -0.4 is 5.56 Å². The molecule has 0 N–H and O–H groups in total. The van der Waals surface area contributed by atoms with Gasteiger partial charge in [-0.3, -0.25) is 0 Å².